The molecule has 1 saturated heterocycles. The van der Waals surface area contributed by atoms with Gasteiger partial charge in [0.15, 0.2) is 6.29 Å². The predicted molar refractivity (Wildman–Crippen MR) is 107 cm³/mol. The lowest BCUT2D eigenvalue weighted by molar-refractivity contribution is -0.313. The molecule has 17 nitrogen and oxygen atoms in total. The van der Waals surface area contributed by atoms with Crippen molar-refractivity contribution < 1.29 is 32.9 Å². The lowest BCUT2D eigenvalue weighted by Crippen LogP contribution is -2.62. The van der Waals surface area contributed by atoms with Gasteiger partial charge in [-0.2, -0.15) is 0 Å². The van der Waals surface area contributed by atoms with E-state index in [9.17, 15) is 18.7 Å². The number of nitrogens with zero attached hydrogens (tertiary/aromatic N) is 12. The fraction of sp³-hybridized carbons (Fsp3) is 0.933. The van der Waals surface area contributed by atoms with E-state index in [2.05, 4.69) is 40.1 Å². The summed E-state index contributed by atoms with van der Waals surface area (Å²) < 4.78 is 45.5. The van der Waals surface area contributed by atoms with Crippen molar-refractivity contribution in [2.75, 3.05) is 6.54 Å². The third kappa shape index (κ3) is 5.68. The number of rotatable bonds is 8. The summed E-state index contributed by atoms with van der Waals surface area (Å²) in [6.07, 6.45) is -8.59. The minimum Gasteiger partial charge on any atom is -0.459 e. The highest BCUT2D eigenvalue weighted by molar-refractivity contribution is 5.66. The molecule has 184 valence electrons. The summed E-state index contributed by atoms with van der Waals surface area (Å²) in [6, 6.07) is -3.96. The molecular formula is C15H20F2N12O5. The Hall–Kier alpha value is -3.55. The van der Waals surface area contributed by atoms with Crippen LogP contribution >= 0.6 is 0 Å². The molecule has 0 unspecified atom stereocenters. The Morgan fingerprint density at radius 2 is 1.68 bits per heavy atom. The van der Waals surface area contributed by atoms with Crippen LogP contribution in [0.15, 0.2) is 20.5 Å². The molecule has 1 heterocycles. The molecule has 2 fully saturated rings. The molecule has 0 bridgehead atoms. The number of carbonyl (C=O) groups excluding carboxylic acids is 1. The number of carbonyl (C=O) groups is 1. The van der Waals surface area contributed by atoms with E-state index in [1.807, 2.05) is 0 Å². The average molecular weight is 486 g/mol. The number of aliphatic hydroxyl groups excluding tert-OH is 1. The van der Waals surface area contributed by atoms with Crippen molar-refractivity contribution in [3.63, 3.8) is 0 Å². The maximum atomic E-state index is 14.8. The molecule has 9 atom stereocenters. The second kappa shape index (κ2) is 11.5. The Kier molecular flexibility index (Phi) is 9.06. The third-order valence-corrected chi connectivity index (χ3v) is 5.53. The summed E-state index contributed by atoms with van der Waals surface area (Å²) in [4.78, 5) is 21.8. The van der Waals surface area contributed by atoms with Gasteiger partial charge in [0.1, 0.15) is 18.3 Å². The minimum atomic E-state index is -3.59. The lowest BCUT2D eigenvalue weighted by Gasteiger charge is -2.47. The smallest absolute Gasteiger partial charge is 0.303 e. The molecule has 1 N–H and O–H groups in total. The number of hydrogen-bond acceptors (Lipinski definition) is 9. The van der Waals surface area contributed by atoms with E-state index in [1.165, 1.54) is 0 Å². The number of aliphatic hydroxyl groups is 1. The Balaban J connectivity index is 2.45. The predicted octanol–water partition coefficient (Wildman–Crippen LogP) is 3.41. The highest BCUT2D eigenvalue weighted by Crippen LogP contribution is 2.42. The molecular weight excluding hydrogens is 466 g/mol. The molecule has 0 radical (unpaired) electrons. The molecule has 2 rings (SSSR count). The Labute approximate surface area is 189 Å². The first kappa shape index (κ1) is 26.7. The van der Waals surface area contributed by atoms with Gasteiger partial charge in [-0.3, -0.25) is 4.79 Å². The summed E-state index contributed by atoms with van der Waals surface area (Å²) in [6.45, 7) is 1.34. The van der Waals surface area contributed by atoms with Gasteiger partial charge in [-0.1, -0.05) is 27.4 Å². The monoisotopic (exact) mass is 486 g/mol. The largest absolute Gasteiger partial charge is 0.459 e. The van der Waals surface area contributed by atoms with Gasteiger partial charge in [-0.25, -0.2) is 8.78 Å². The van der Waals surface area contributed by atoms with Crippen molar-refractivity contribution in [3.05, 3.63) is 41.8 Å². The second-order valence-corrected chi connectivity index (χ2v) is 7.51. The zero-order chi connectivity index (χ0) is 25.5. The Morgan fingerprint density at radius 1 is 1.09 bits per heavy atom. The van der Waals surface area contributed by atoms with E-state index < -0.39 is 73.2 Å². The van der Waals surface area contributed by atoms with Crippen LogP contribution in [-0.2, 0) is 19.0 Å². The van der Waals surface area contributed by atoms with E-state index in [0.29, 0.717) is 0 Å². The highest BCUT2D eigenvalue weighted by atomic mass is 19.3. The first-order valence-electron chi connectivity index (χ1n) is 9.79. The molecule has 2 aliphatic rings. The SMILES string of the molecule is CC(=O)O[C@@H]1[C@@H](O)[C@H](O[C@H]2O[C@H](CN=[N+]=[N-])C(F)(F)[C@H](C)[C@H]2N=[N+]=[N-])[C@@H](N=[N+]=[N-])C[C@H]1N=[N+]=[N-]. The zero-order valence-corrected chi connectivity index (χ0v) is 17.8. The summed E-state index contributed by atoms with van der Waals surface area (Å²) in [5.74, 6) is -6.07. The normalized spacial score (nSPS) is 36.4. The van der Waals surface area contributed by atoms with Gasteiger partial charge in [0.2, 0.25) is 0 Å². The molecule has 0 amide bonds. The van der Waals surface area contributed by atoms with Gasteiger partial charge in [0.05, 0.1) is 30.8 Å². The van der Waals surface area contributed by atoms with Gasteiger partial charge in [-0.05, 0) is 28.5 Å². The molecule has 19 heteroatoms. The summed E-state index contributed by atoms with van der Waals surface area (Å²) in [5.41, 5.74) is 35.1. The average Bonchev–Trinajstić information content (AvgIpc) is 2.77. The number of alkyl halides is 2. The molecule has 0 aromatic heterocycles. The van der Waals surface area contributed by atoms with Crippen molar-refractivity contribution in [3.8, 4) is 0 Å². The minimum absolute atomic E-state index is 0.236. The van der Waals surface area contributed by atoms with Crippen molar-refractivity contribution in [1.29, 1.82) is 0 Å². The van der Waals surface area contributed by atoms with Gasteiger partial charge in [0.25, 0.3) is 5.92 Å². The standard InChI is InChI=1S/C15H20F2N12O5/c1-5-10(25-29-21)14(33-9(4-22-26-18)15(5,16)17)34-13-8(24-28-20)3-7(23-27-19)12(11(13)31)32-6(2)30/h5,7-14,31H,3-4H2,1-2H3/t5-,7-,8+,9-,10-,11-,12+,13-,14-/m1/s1. The first-order chi connectivity index (χ1) is 16.1. The van der Waals surface area contributed by atoms with Crippen LogP contribution in [0, 0.1) is 5.92 Å². The van der Waals surface area contributed by atoms with Crippen LogP contribution < -0.4 is 0 Å². The van der Waals surface area contributed by atoms with Crippen LogP contribution in [0.25, 0.3) is 41.8 Å². The number of azide groups is 4. The first-order valence-corrected chi connectivity index (χ1v) is 9.79. The van der Waals surface area contributed by atoms with Crippen molar-refractivity contribution >= 4 is 5.97 Å². The molecule has 0 aromatic rings. The lowest BCUT2D eigenvalue weighted by atomic mass is 9.83. The molecule has 1 saturated carbocycles. The highest BCUT2D eigenvalue weighted by Gasteiger charge is 2.57. The Morgan fingerprint density at radius 3 is 2.21 bits per heavy atom. The van der Waals surface area contributed by atoms with Gasteiger partial charge in [-0.15, -0.1) is 0 Å². The number of hydrogen-bond donors (Lipinski definition) is 1. The van der Waals surface area contributed by atoms with E-state index >= 15 is 0 Å². The number of esters is 1. The number of halogens is 2. The van der Waals surface area contributed by atoms with Gasteiger partial charge >= 0.3 is 5.97 Å². The maximum Gasteiger partial charge on any atom is 0.303 e. The van der Waals surface area contributed by atoms with Crippen molar-refractivity contribution in [1.82, 2.24) is 0 Å². The Bertz CT molecular complexity index is 955. The second-order valence-electron chi connectivity index (χ2n) is 7.51. The van der Waals surface area contributed by atoms with Gasteiger partial charge < -0.3 is 19.3 Å². The van der Waals surface area contributed by atoms with E-state index in [-0.39, 0.29) is 6.42 Å². The topological polar surface area (TPSA) is 260 Å². The fourth-order valence-corrected chi connectivity index (χ4v) is 3.87. The molecule has 1 aliphatic heterocycles. The zero-order valence-electron chi connectivity index (χ0n) is 17.8. The summed E-state index contributed by atoms with van der Waals surface area (Å²) in [5, 5.41) is 24.3. The van der Waals surface area contributed by atoms with E-state index in [0.717, 1.165) is 13.8 Å². The fourth-order valence-electron chi connectivity index (χ4n) is 3.87. The number of ether oxygens (including phenoxy) is 3. The van der Waals surface area contributed by atoms with Crippen LogP contribution in [0.1, 0.15) is 20.3 Å². The van der Waals surface area contributed by atoms with Crippen LogP contribution in [0.5, 0.6) is 0 Å². The van der Waals surface area contributed by atoms with E-state index in [4.69, 9.17) is 36.3 Å². The molecule has 34 heavy (non-hydrogen) atoms. The molecule has 1 aliphatic carbocycles. The quantitative estimate of drug-likeness (QED) is 0.233. The summed E-state index contributed by atoms with van der Waals surface area (Å²) >= 11 is 0. The van der Waals surface area contributed by atoms with Crippen LogP contribution in [0.2, 0.25) is 0 Å². The van der Waals surface area contributed by atoms with Crippen LogP contribution in [-0.4, -0.2) is 72.4 Å². The summed E-state index contributed by atoms with van der Waals surface area (Å²) in [7, 11) is 0. The van der Waals surface area contributed by atoms with E-state index in [1.54, 1.807) is 0 Å². The van der Waals surface area contributed by atoms with Crippen LogP contribution in [0.4, 0.5) is 8.78 Å². The maximum absolute atomic E-state index is 14.8. The van der Waals surface area contributed by atoms with Gasteiger partial charge in [0, 0.05) is 32.5 Å². The third-order valence-electron chi connectivity index (χ3n) is 5.53. The molecule has 0 spiro atoms. The molecule has 0 aromatic carbocycles. The van der Waals surface area contributed by atoms with Crippen LogP contribution in [0.3, 0.4) is 0 Å². The van der Waals surface area contributed by atoms with Crippen molar-refractivity contribution in [2.45, 2.75) is 75.0 Å². The van der Waals surface area contributed by atoms with Crippen molar-refractivity contribution in [2.24, 2.45) is 26.4 Å².